The first-order chi connectivity index (χ1) is 8.74. The lowest BCUT2D eigenvalue weighted by Crippen LogP contribution is -2.36. The third-order valence-corrected chi connectivity index (χ3v) is 4.37. The molecule has 0 bridgehead atoms. The fourth-order valence-corrected chi connectivity index (χ4v) is 3.12. The van der Waals surface area contributed by atoms with E-state index in [2.05, 4.69) is 14.9 Å². The normalized spacial score (nSPS) is 17.3. The molecule has 0 aromatic carbocycles. The molecule has 1 saturated heterocycles. The zero-order valence-electron chi connectivity index (χ0n) is 10.3. The lowest BCUT2D eigenvalue weighted by molar-refractivity contribution is -0.121. The molecule has 18 heavy (non-hydrogen) atoms. The fourth-order valence-electron chi connectivity index (χ4n) is 2.39. The average Bonchev–Trinajstić information content (AvgIpc) is 2.86. The van der Waals surface area contributed by atoms with Gasteiger partial charge in [0.2, 0.25) is 5.95 Å². The second kappa shape index (κ2) is 4.65. The minimum atomic E-state index is 0.228. The highest BCUT2D eigenvalue weighted by Crippen LogP contribution is 2.24. The van der Waals surface area contributed by atoms with Gasteiger partial charge in [0.05, 0.1) is 0 Å². The summed E-state index contributed by atoms with van der Waals surface area (Å²) in [4.78, 5) is 23.5. The second-order valence-corrected chi connectivity index (χ2v) is 5.62. The predicted molar refractivity (Wildman–Crippen MR) is 73.0 cm³/mol. The van der Waals surface area contributed by atoms with Gasteiger partial charge in [-0.1, -0.05) is 0 Å². The van der Waals surface area contributed by atoms with E-state index in [0.717, 1.165) is 42.1 Å². The largest absolute Gasteiger partial charge is 0.341 e. The van der Waals surface area contributed by atoms with E-state index in [1.165, 1.54) is 0 Å². The third-order valence-electron chi connectivity index (χ3n) is 3.55. The Morgan fingerprint density at radius 2 is 2.22 bits per heavy atom. The molecule has 3 heterocycles. The number of Topliss-reactive ketones (excluding diaryl/α,β-unsaturated/α-hetero) is 1. The SMILES string of the molecule is CC(=O)C1CCN(c2ncc3ccsc3n2)CC1. The molecular formula is C13H15N3OS. The maximum Gasteiger partial charge on any atom is 0.226 e. The molecule has 5 heteroatoms. The monoisotopic (exact) mass is 261 g/mol. The molecule has 0 spiro atoms. The second-order valence-electron chi connectivity index (χ2n) is 4.72. The minimum Gasteiger partial charge on any atom is -0.341 e. The highest BCUT2D eigenvalue weighted by molar-refractivity contribution is 7.16. The molecule has 0 atom stereocenters. The van der Waals surface area contributed by atoms with Gasteiger partial charge in [-0.2, -0.15) is 0 Å². The molecule has 0 saturated carbocycles. The number of thiophene rings is 1. The van der Waals surface area contributed by atoms with E-state index in [4.69, 9.17) is 0 Å². The van der Waals surface area contributed by atoms with Gasteiger partial charge in [-0.25, -0.2) is 9.97 Å². The summed E-state index contributed by atoms with van der Waals surface area (Å²) in [6.07, 6.45) is 3.72. The van der Waals surface area contributed by atoms with Crippen molar-refractivity contribution in [1.82, 2.24) is 9.97 Å². The number of anilines is 1. The quantitative estimate of drug-likeness (QED) is 0.833. The van der Waals surface area contributed by atoms with Gasteiger partial charge in [0.15, 0.2) is 0 Å². The van der Waals surface area contributed by atoms with Crippen molar-refractivity contribution in [2.24, 2.45) is 5.92 Å². The smallest absolute Gasteiger partial charge is 0.226 e. The number of ketones is 1. The predicted octanol–water partition coefficient (Wildman–Crippen LogP) is 2.50. The molecule has 0 aliphatic carbocycles. The van der Waals surface area contributed by atoms with Crippen molar-refractivity contribution in [2.45, 2.75) is 19.8 Å². The van der Waals surface area contributed by atoms with E-state index < -0.39 is 0 Å². The zero-order chi connectivity index (χ0) is 12.5. The molecule has 0 radical (unpaired) electrons. The Bertz CT molecular complexity index is 572. The zero-order valence-corrected chi connectivity index (χ0v) is 11.1. The Hall–Kier alpha value is -1.49. The number of aromatic nitrogens is 2. The maximum absolute atomic E-state index is 11.3. The summed E-state index contributed by atoms with van der Waals surface area (Å²) in [6, 6.07) is 2.03. The van der Waals surface area contributed by atoms with Gasteiger partial charge in [0.25, 0.3) is 0 Å². The van der Waals surface area contributed by atoms with Crippen LogP contribution in [0.5, 0.6) is 0 Å². The van der Waals surface area contributed by atoms with Crippen molar-refractivity contribution in [2.75, 3.05) is 18.0 Å². The van der Waals surface area contributed by atoms with Crippen LogP contribution in [0.1, 0.15) is 19.8 Å². The molecule has 0 unspecified atom stereocenters. The van der Waals surface area contributed by atoms with Crippen LogP contribution in [0.4, 0.5) is 5.95 Å². The number of rotatable bonds is 2. The van der Waals surface area contributed by atoms with Crippen molar-refractivity contribution < 1.29 is 4.79 Å². The van der Waals surface area contributed by atoms with Crippen LogP contribution in [0.3, 0.4) is 0 Å². The molecule has 0 amide bonds. The number of fused-ring (bicyclic) bond motifs is 1. The van der Waals surface area contributed by atoms with Gasteiger partial charge >= 0.3 is 0 Å². The summed E-state index contributed by atoms with van der Waals surface area (Å²) in [5.41, 5.74) is 0. The molecular weight excluding hydrogens is 246 g/mol. The first-order valence-electron chi connectivity index (χ1n) is 6.19. The number of hydrogen-bond donors (Lipinski definition) is 0. The highest BCUT2D eigenvalue weighted by atomic mass is 32.1. The average molecular weight is 261 g/mol. The summed E-state index contributed by atoms with van der Waals surface area (Å²) in [5, 5.41) is 3.13. The Kier molecular flexibility index (Phi) is 2.99. The van der Waals surface area contributed by atoms with E-state index in [9.17, 15) is 4.79 Å². The topological polar surface area (TPSA) is 46.1 Å². The molecule has 1 aliphatic heterocycles. The van der Waals surface area contributed by atoms with Gasteiger partial charge < -0.3 is 4.90 Å². The van der Waals surface area contributed by atoms with Crippen molar-refractivity contribution in [1.29, 1.82) is 0 Å². The summed E-state index contributed by atoms with van der Waals surface area (Å²) in [6.45, 7) is 3.44. The summed E-state index contributed by atoms with van der Waals surface area (Å²) in [7, 11) is 0. The fraction of sp³-hybridized carbons (Fsp3) is 0.462. The molecule has 4 nitrogen and oxygen atoms in total. The number of carbonyl (C=O) groups is 1. The lowest BCUT2D eigenvalue weighted by Gasteiger charge is -2.30. The van der Waals surface area contributed by atoms with Crippen molar-refractivity contribution >= 4 is 33.3 Å². The summed E-state index contributed by atoms with van der Waals surface area (Å²) in [5.74, 6) is 1.34. The number of hydrogen-bond acceptors (Lipinski definition) is 5. The van der Waals surface area contributed by atoms with Crippen LogP contribution in [0.2, 0.25) is 0 Å². The molecule has 0 N–H and O–H groups in total. The maximum atomic E-state index is 11.3. The Morgan fingerprint density at radius 3 is 2.94 bits per heavy atom. The van der Waals surface area contributed by atoms with Gasteiger partial charge in [0.1, 0.15) is 10.6 Å². The standard InChI is InChI=1S/C13H15N3OS/c1-9(17)10-2-5-16(6-3-10)13-14-8-11-4-7-18-12(11)15-13/h4,7-8,10H,2-3,5-6H2,1H3. The Balaban J connectivity index is 1.77. The number of carbonyl (C=O) groups excluding carboxylic acids is 1. The van der Waals surface area contributed by atoms with E-state index in [1.54, 1.807) is 18.3 Å². The molecule has 1 aliphatic rings. The number of nitrogens with zero attached hydrogens (tertiary/aromatic N) is 3. The van der Waals surface area contributed by atoms with E-state index in [1.807, 2.05) is 17.6 Å². The van der Waals surface area contributed by atoms with Crippen molar-refractivity contribution in [3.63, 3.8) is 0 Å². The van der Waals surface area contributed by atoms with Crippen LogP contribution >= 0.6 is 11.3 Å². The van der Waals surface area contributed by atoms with Crippen LogP contribution in [-0.4, -0.2) is 28.8 Å². The van der Waals surface area contributed by atoms with Crippen LogP contribution < -0.4 is 4.90 Å². The van der Waals surface area contributed by atoms with Gasteiger partial charge in [-0.3, -0.25) is 4.79 Å². The summed E-state index contributed by atoms with van der Waals surface area (Å²) < 4.78 is 0. The Morgan fingerprint density at radius 1 is 1.44 bits per heavy atom. The molecule has 94 valence electrons. The van der Waals surface area contributed by atoms with E-state index in [0.29, 0.717) is 5.78 Å². The molecule has 2 aromatic heterocycles. The van der Waals surface area contributed by atoms with Crippen LogP contribution in [-0.2, 0) is 4.79 Å². The van der Waals surface area contributed by atoms with Gasteiger partial charge in [-0.15, -0.1) is 11.3 Å². The Labute approximate surface area is 110 Å². The first-order valence-corrected chi connectivity index (χ1v) is 7.07. The number of piperidine rings is 1. The van der Waals surface area contributed by atoms with Crippen LogP contribution in [0.25, 0.3) is 10.2 Å². The van der Waals surface area contributed by atoms with E-state index >= 15 is 0 Å². The minimum absolute atomic E-state index is 0.228. The molecule has 1 fully saturated rings. The van der Waals surface area contributed by atoms with Crippen molar-refractivity contribution in [3.05, 3.63) is 17.6 Å². The van der Waals surface area contributed by atoms with Crippen molar-refractivity contribution in [3.8, 4) is 0 Å². The molecule has 3 rings (SSSR count). The third kappa shape index (κ3) is 2.10. The summed E-state index contributed by atoms with van der Waals surface area (Å²) >= 11 is 1.64. The van der Waals surface area contributed by atoms with E-state index in [-0.39, 0.29) is 5.92 Å². The van der Waals surface area contributed by atoms with Gasteiger partial charge in [-0.05, 0) is 31.2 Å². The first kappa shape index (κ1) is 11.6. The highest BCUT2D eigenvalue weighted by Gasteiger charge is 2.23. The molecule has 2 aromatic rings. The van der Waals surface area contributed by atoms with Crippen LogP contribution in [0.15, 0.2) is 17.6 Å². The van der Waals surface area contributed by atoms with Crippen LogP contribution in [0, 0.1) is 5.92 Å². The van der Waals surface area contributed by atoms with Gasteiger partial charge in [0, 0.05) is 30.6 Å². The lowest BCUT2D eigenvalue weighted by atomic mass is 9.93.